The Hall–Kier alpha value is -0.560. The largest absolute Gasteiger partial charge is 0.446 e. The lowest BCUT2D eigenvalue weighted by Gasteiger charge is -2.15. The highest BCUT2D eigenvalue weighted by atomic mass is 79.9. The second kappa shape index (κ2) is 3.72. The minimum atomic E-state index is -0.710. The van der Waals surface area contributed by atoms with Crippen LogP contribution in [0.3, 0.4) is 0 Å². The van der Waals surface area contributed by atoms with E-state index in [1.54, 1.807) is 19.9 Å². The van der Waals surface area contributed by atoms with E-state index >= 15 is 0 Å². The highest BCUT2D eigenvalue weighted by Crippen LogP contribution is 2.18. The summed E-state index contributed by atoms with van der Waals surface area (Å²) in [7, 11) is 0. The van der Waals surface area contributed by atoms with Crippen LogP contribution in [0, 0.1) is 11.3 Å². The van der Waals surface area contributed by atoms with Gasteiger partial charge in [0.25, 0.3) is 0 Å². The van der Waals surface area contributed by atoms with Crippen molar-refractivity contribution < 1.29 is 9.53 Å². The van der Waals surface area contributed by atoms with Crippen LogP contribution in [-0.4, -0.2) is 16.4 Å². The van der Waals surface area contributed by atoms with Gasteiger partial charge in [-0.2, -0.15) is 5.26 Å². The molecule has 1 unspecified atom stereocenters. The maximum Gasteiger partial charge on any atom is 0.323 e. The van der Waals surface area contributed by atoms with E-state index < -0.39 is 16.4 Å². The van der Waals surface area contributed by atoms with Crippen LogP contribution in [-0.2, 0) is 9.53 Å². The molecule has 0 saturated heterocycles. The van der Waals surface area contributed by atoms with Crippen LogP contribution in [0.25, 0.3) is 0 Å². The zero-order valence-electron chi connectivity index (χ0n) is 6.72. The van der Waals surface area contributed by atoms with Gasteiger partial charge < -0.3 is 4.74 Å². The lowest BCUT2D eigenvalue weighted by molar-refractivity contribution is -0.147. The first kappa shape index (κ1) is 10.4. The number of hydrogen-bond donors (Lipinski definition) is 0. The molecule has 0 heterocycles. The molecule has 0 bridgehead atoms. The molecule has 0 spiro atoms. The Labute approximate surface area is 74.5 Å². The van der Waals surface area contributed by atoms with Gasteiger partial charge >= 0.3 is 5.97 Å². The fourth-order valence-corrected chi connectivity index (χ4v) is 0.420. The van der Waals surface area contributed by atoms with Crippen molar-refractivity contribution >= 4 is 21.9 Å². The van der Waals surface area contributed by atoms with Gasteiger partial charge in [0.15, 0.2) is 6.10 Å². The predicted molar refractivity (Wildman–Crippen MR) is 44.2 cm³/mol. The molecule has 0 aliphatic heterocycles. The molecule has 0 saturated carbocycles. The van der Waals surface area contributed by atoms with Gasteiger partial charge in [-0.15, -0.1) is 0 Å². The molecule has 4 heteroatoms. The van der Waals surface area contributed by atoms with Gasteiger partial charge in [0.1, 0.15) is 10.4 Å². The SMILES string of the molecule is CC(C#N)OC(=O)C(C)(C)Br. The van der Waals surface area contributed by atoms with Crippen molar-refractivity contribution in [2.45, 2.75) is 31.2 Å². The average molecular weight is 220 g/mol. The van der Waals surface area contributed by atoms with Gasteiger partial charge in [-0.25, -0.2) is 0 Å². The molecule has 0 rings (SSSR count). The third-order valence-electron chi connectivity index (χ3n) is 0.951. The van der Waals surface area contributed by atoms with Crippen molar-refractivity contribution in [3.05, 3.63) is 0 Å². The Morgan fingerprint density at radius 1 is 1.73 bits per heavy atom. The highest BCUT2D eigenvalue weighted by molar-refractivity contribution is 9.10. The molecule has 0 aliphatic carbocycles. The summed E-state index contributed by atoms with van der Waals surface area (Å²) in [6.45, 7) is 4.86. The second-order valence-corrected chi connectivity index (χ2v) is 4.63. The Morgan fingerprint density at radius 2 is 2.18 bits per heavy atom. The number of nitriles is 1. The minimum Gasteiger partial charge on any atom is -0.446 e. The number of esters is 1. The van der Waals surface area contributed by atoms with Crippen molar-refractivity contribution in [3.8, 4) is 6.07 Å². The lowest BCUT2D eigenvalue weighted by atomic mass is 10.2. The topological polar surface area (TPSA) is 50.1 Å². The fourth-order valence-electron chi connectivity index (χ4n) is 0.327. The maximum absolute atomic E-state index is 11.0. The Kier molecular flexibility index (Phi) is 3.53. The van der Waals surface area contributed by atoms with E-state index in [2.05, 4.69) is 15.9 Å². The number of carbonyl (C=O) groups excluding carboxylic acids is 1. The summed E-state index contributed by atoms with van der Waals surface area (Å²) in [6.07, 6.45) is -0.681. The summed E-state index contributed by atoms with van der Waals surface area (Å²) in [6, 6.07) is 1.80. The van der Waals surface area contributed by atoms with Gasteiger partial charge in [0.2, 0.25) is 0 Å². The van der Waals surface area contributed by atoms with Crippen LogP contribution in [0.5, 0.6) is 0 Å². The monoisotopic (exact) mass is 219 g/mol. The molecule has 0 amide bonds. The quantitative estimate of drug-likeness (QED) is 0.524. The molecule has 0 aliphatic rings. The minimum absolute atomic E-state index is 0.424. The van der Waals surface area contributed by atoms with E-state index in [0.29, 0.717) is 0 Å². The third-order valence-corrected chi connectivity index (χ3v) is 1.27. The summed E-state index contributed by atoms with van der Waals surface area (Å²) in [5, 5.41) is 8.31. The van der Waals surface area contributed by atoms with E-state index in [0.717, 1.165) is 0 Å². The zero-order chi connectivity index (χ0) is 9.07. The predicted octanol–water partition coefficient (Wildman–Crippen LogP) is 1.62. The average Bonchev–Trinajstić information content (AvgIpc) is 1.85. The molecule has 11 heavy (non-hydrogen) atoms. The van der Waals surface area contributed by atoms with Gasteiger partial charge in [0, 0.05) is 0 Å². The Balaban J connectivity index is 4.01. The smallest absolute Gasteiger partial charge is 0.323 e. The van der Waals surface area contributed by atoms with E-state index in [-0.39, 0.29) is 0 Å². The summed E-state index contributed by atoms with van der Waals surface area (Å²) >= 11 is 3.12. The summed E-state index contributed by atoms with van der Waals surface area (Å²) in [5.41, 5.74) is 0. The number of hydrogen-bond acceptors (Lipinski definition) is 3. The van der Waals surface area contributed by atoms with Crippen LogP contribution >= 0.6 is 15.9 Å². The molecule has 62 valence electrons. The molecule has 3 nitrogen and oxygen atoms in total. The molecule has 0 aromatic rings. The number of rotatable bonds is 2. The van der Waals surface area contributed by atoms with Crippen LogP contribution in [0.1, 0.15) is 20.8 Å². The molecule has 1 atom stereocenters. The molecule has 0 radical (unpaired) electrons. The highest BCUT2D eigenvalue weighted by Gasteiger charge is 2.26. The first-order valence-electron chi connectivity index (χ1n) is 3.17. The number of nitrogens with zero attached hydrogens (tertiary/aromatic N) is 1. The van der Waals surface area contributed by atoms with Crippen molar-refractivity contribution in [3.63, 3.8) is 0 Å². The van der Waals surface area contributed by atoms with Gasteiger partial charge in [-0.1, -0.05) is 15.9 Å². The number of carbonyl (C=O) groups is 1. The maximum atomic E-state index is 11.0. The number of alkyl halides is 1. The molecular formula is C7H10BrNO2. The fraction of sp³-hybridized carbons (Fsp3) is 0.714. The van der Waals surface area contributed by atoms with Crippen molar-refractivity contribution in [2.75, 3.05) is 0 Å². The van der Waals surface area contributed by atoms with Crippen LogP contribution in [0.2, 0.25) is 0 Å². The molecule has 0 N–H and O–H groups in total. The van der Waals surface area contributed by atoms with Crippen molar-refractivity contribution in [1.82, 2.24) is 0 Å². The Bertz CT molecular complexity index is 190. The normalized spacial score (nSPS) is 13.4. The summed E-state index contributed by atoms with van der Waals surface area (Å²) in [5.74, 6) is -0.424. The first-order valence-corrected chi connectivity index (χ1v) is 3.97. The molecular weight excluding hydrogens is 210 g/mol. The third kappa shape index (κ3) is 3.99. The van der Waals surface area contributed by atoms with E-state index in [4.69, 9.17) is 10.00 Å². The lowest BCUT2D eigenvalue weighted by Crippen LogP contribution is -2.29. The van der Waals surface area contributed by atoms with E-state index in [9.17, 15) is 4.79 Å². The summed E-state index contributed by atoms with van der Waals surface area (Å²) in [4.78, 5) is 11.0. The van der Waals surface area contributed by atoms with Crippen molar-refractivity contribution in [1.29, 1.82) is 5.26 Å². The van der Waals surface area contributed by atoms with Gasteiger partial charge in [-0.3, -0.25) is 4.79 Å². The standard InChI is InChI=1S/C7H10BrNO2/c1-5(4-9)11-6(10)7(2,3)8/h5H,1-3H3. The van der Waals surface area contributed by atoms with Crippen LogP contribution < -0.4 is 0 Å². The molecule has 0 aromatic heterocycles. The van der Waals surface area contributed by atoms with Gasteiger partial charge in [0.05, 0.1) is 0 Å². The number of ether oxygens (including phenoxy) is 1. The van der Waals surface area contributed by atoms with Crippen molar-refractivity contribution in [2.24, 2.45) is 0 Å². The van der Waals surface area contributed by atoms with Gasteiger partial charge in [-0.05, 0) is 20.8 Å². The zero-order valence-corrected chi connectivity index (χ0v) is 8.31. The van der Waals surface area contributed by atoms with Crippen LogP contribution in [0.4, 0.5) is 0 Å². The number of halogens is 1. The molecule has 0 fully saturated rings. The first-order chi connectivity index (χ1) is 4.88. The second-order valence-electron chi connectivity index (χ2n) is 2.65. The molecule has 0 aromatic carbocycles. The van der Waals surface area contributed by atoms with Crippen LogP contribution in [0.15, 0.2) is 0 Å². The van der Waals surface area contributed by atoms with E-state index in [1.165, 1.54) is 6.92 Å². The van der Waals surface area contributed by atoms with E-state index in [1.807, 2.05) is 0 Å². The summed E-state index contributed by atoms with van der Waals surface area (Å²) < 4.78 is 4.01. The Morgan fingerprint density at radius 3 is 2.45 bits per heavy atom.